The van der Waals surface area contributed by atoms with Gasteiger partial charge in [0, 0.05) is 17.1 Å². The molecule has 0 fully saturated rings. The first kappa shape index (κ1) is 19.8. The minimum absolute atomic E-state index is 0.598. The number of ether oxygens (including phenoxy) is 1. The van der Waals surface area contributed by atoms with Crippen LogP contribution in [0.4, 0.5) is 0 Å². The molecule has 0 radical (unpaired) electrons. The van der Waals surface area contributed by atoms with E-state index in [-0.39, 0.29) is 0 Å². The fraction of sp³-hybridized carbons (Fsp3) is 0.208. The van der Waals surface area contributed by atoms with Gasteiger partial charge in [-0.1, -0.05) is 47.5 Å². The van der Waals surface area contributed by atoms with Crippen molar-refractivity contribution in [3.05, 3.63) is 81.8 Å². The van der Waals surface area contributed by atoms with Crippen molar-refractivity contribution in [1.29, 1.82) is 0 Å². The second kappa shape index (κ2) is 8.48. The summed E-state index contributed by atoms with van der Waals surface area (Å²) in [4.78, 5) is 4.83. The van der Waals surface area contributed by atoms with Crippen LogP contribution in [0.15, 0.2) is 60.7 Å². The van der Waals surface area contributed by atoms with Gasteiger partial charge in [-0.2, -0.15) is 0 Å². The average Bonchev–Trinajstić information content (AvgIpc) is 3.06. The van der Waals surface area contributed by atoms with Crippen LogP contribution < -0.4 is 4.74 Å². The molecule has 3 nitrogen and oxygen atoms in total. The van der Waals surface area contributed by atoms with Gasteiger partial charge in [-0.25, -0.2) is 4.98 Å². The number of aryl methyl sites for hydroxylation is 3. The van der Waals surface area contributed by atoms with Crippen LogP contribution in [-0.4, -0.2) is 16.2 Å². The molecule has 5 heteroatoms. The Morgan fingerprint density at radius 2 is 1.79 bits per heavy atom. The van der Waals surface area contributed by atoms with E-state index in [0.29, 0.717) is 16.7 Å². The van der Waals surface area contributed by atoms with Crippen LogP contribution >= 0.6 is 23.2 Å². The molecule has 0 aliphatic heterocycles. The zero-order chi connectivity index (χ0) is 20.4. The van der Waals surface area contributed by atoms with E-state index in [4.69, 9.17) is 32.9 Å². The van der Waals surface area contributed by atoms with Crippen molar-refractivity contribution in [3.8, 4) is 17.1 Å². The Balaban J connectivity index is 1.58. The van der Waals surface area contributed by atoms with Crippen LogP contribution in [0.5, 0.6) is 5.75 Å². The average molecular weight is 425 g/mol. The van der Waals surface area contributed by atoms with Crippen LogP contribution in [0.1, 0.15) is 17.5 Å². The molecule has 0 aliphatic rings. The molecule has 0 spiro atoms. The third-order valence-electron chi connectivity index (χ3n) is 4.95. The number of hydrogen-bond acceptors (Lipinski definition) is 2. The van der Waals surface area contributed by atoms with Gasteiger partial charge in [-0.3, -0.25) is 0 Å². The lowest BCUT2D eigenvalue weighted by molar-refractivity contribution is 0.301. The maximum Gasteiger partial charge on any atom is 0.142 e. The highest BCUT2D eigenvalue weighted by molar-refractivity contribution is 6.36. The highest BCUT2D eigenvalue weighted by Crippen LogP contribution is 2.32. The number of halogens is 2. The topological polar surface area (TPSA) is 27.1 Å². The molecule has 0 atom stereocenters. The molecule has 0 bridgehead atoms. The Labute approximate surface area is 180 Å². The molecule has 148 valence electrons. The molecule has 4 aromatic rings. The van der Waals surface area contributed by atoms with Crippen LogP contribution in [0.2, 0.25) is 10.0 Å². The Bertz CT molecular complexity index is 1170. The Morgan fingerprint density at radius 3 is 2.62 bits per heavy atom. The van der Waals surface area contributed by atoms with Crippen LogP contribution in [0, 0.1) is 13.8 Å². The minimum Gasteiger partial charge on any atom is -0.493 e. The van der Waals surface area contributed by atoms with Gasteiger partial charge in [0.15, 0.2) is 0 Å². The molecule has 4 rings (SSSR count). The first-order valence-corrected chi connectivity index (χ1v) is 10.4. The van der Waals surface area contributed by atoms with E-state index in [1.54, 1.807) is 6.07 Å². The van der Waals surface area contributed by atoms with Crippen molar-refractivity contribution in [2.45, 2.75) is 26.8 Å². The van der Waals surface area contributed by atoms with Gasteiger partial charge in [0.25, 0.3) is 0 Å². The Hall–Kier alpha value is -2.49. The number of para-hydroxylation sites is 2. The van der Waals surface area contributed by atoms with E-state index in [9.17, 15) is 0 Å². The summed E-state index contributed by atoms with van der Waals surface area (Å²) in [7, 11) is 0. The molecule has 0 N–H and O–H groups in total. The second-order valence-electron chi connectivity index (χ2n) is 7.17. The summed E-state index contributed by atoms with van der Waals surface area (Å²) in [6, 6.07) is 19.9. The number of benzene rings is 3. The number of aromatic nitrogens is 2. The largest absolute Gasteiger partial charge is 0.493 e. The van der Waals surface area contributed by atoms with E-state index in [1.807, 2.05) is 30.3 Å². The third-order valence-corrected chi connectivity index (χ3v) is 5.50. The first-order valence-electron chi connectivity index (χ1n) is 9.63. The zero-order valence-electron chi connectivity index (χ0n) is 16.5. The molecule has 0 saturated heterocycles. The van der Waals surface area contributed by atoms with Crippen LogP contribution in [0.25, 0.3) is 22.4 Å². The molecule has 29 heavy (non-hydrogen) atoms. The predicted molar refractivity (Wildman–Crippen MR) is 121 cm³/mol. The van der Waals surface area contributed by atoms with Crippen molar-refractivity contribution < 1.29 is 4.74 Å². The van der Waals surface area contributed by atoms with E-state index < -0.39 is 0 Å². The monoisotopic (exact) mass is 424 g/mol. The summed E-state index contributed by atoms with van der Waals surface area (Å²) in [5.74, 6) is 1.79. The minimum atomic E-state index is 0.598. The Morgan fingerprint density at radius 1 is 0.966 bits per heavy atom. The molecular formula is C24H22Cl2N2O. The van der Waals surface area contributed by atoms with Gasteiger partial charge >= 0.3 is 0 Å². The van der Waals surface area contributed by atoms with Crippen molar-refractivity contribution in [3.63, 3.8) is 0 Å². The van der Waals surface area contributed by atoms with Crippen molar-refractivity contribution in [2.75, 3.05) is 6.61 Å². The molecule has 3 aromatic carbocycles. The molecule has 1 heterocycles. The summed E-state index contributed by atoms with van der Waals surface area (Å²) in [5.41, 5.74) is 5.26. The SMILES string of the molecule is Cc1ccc(C)c(OCCCn2c(-c3ccc(Cl)cc3Cl)nc3ccccc32)c1. The normalized spacial score (nSPS) is 11.2. The molecule has 1 aromatic heterocycles. The van der Waals surface area contributed by atoms with Gasteiger partial charge in [-0.05, 0) is 67.8 Å². The van der Waals surface area contributed by atoms with Crippen LogP contribution in [0.3, 0.4) is 0 Å². The van der Waals surface area contributed by atoms with Crippen molar-refractivity contribution >= 4 is 34.2 Å². The number of nitrogens with zero attached hydrogens (tertiary/aromatic N) is 2. The molecule has 0 aliphatic carbocycles. The summed E-state index contributed by atoms with van der Waals surface area (Å²) < 4.78 is 8.24. The molecule has 0 amide bonds. The van der Waals surface area contributed by atoms with Gasteiger partial charge in [0.2, 0.25) is 0 Å². The van der Waals surface area contributed by atoms with E-state index in [0.717, 1.165) is 46.7 Å². The van der Waals surface area contributed by atoms with Crippen molar-refractivity contribution in [1.82, 2.24) is 9.55 Å². The summed E-state index contributed by atoms with van der Waals surface area (Å²) in [5, 5.41) is 1.21. The second-order valence-corrected chi connectivity index (χ2v) is 8.01. The maximum atomic E-state index is 6.47. The fourth-order valence-corrected chi connectivity index (χ4v) is 3.94. The van der Waals surface area contributed by atoms with Gasteiger partial charge in [0.1, 0.15) is 11.6 Å². The summed E-state index contributed by atoms with van der Waals surface area (Å²) >= 11 is 12.6. The third kappa shape index (κ3) is 4.26. The highest BCUT2D eigenvalue weighted by Gasteiger charge is 2.15. The maximum absolute atomic E-state index is 6.47. The van der Waals surface area contributed by atoms with Crippen LogP contribution in [-0.2, 0) is 6.54 Å². The Kier molecular flexibility index (Phi) is 5.79. The smallest absolute Gasteiger partial charge is 0.142 e. The molecular weight excluding hydrogens is 403 g/mol. The quantitative estimate of drug-likeness (QED) is 0.308. The summed E-state index contributed by atoms with van der Waals surface area (Å²) in [6.45, 7) is 5.55. The lowest BCUT2D eigenvalue weighted by Gasteiger charge is -2.13. The van der Waals surface area contributed by atoms with Gasteiger partial charge < -0.3 is 9.30 Å². The molecule has 0 saturated carbocycles. The van der Waals surface area contributed by atoms with Gasteiger partial charge in [0.05, 0.1) is 22.7 Å². The van der Waals surface area contributed by atoms with E-state index >= 15 is 0 Å². The lowest BCUT2D eigenvalue weighted by atomic mass is 10.1. The number of fused-ring (bicyclic) bond motifs is 1. The highest BCUT2D eigenvalue weighted by atomic mass is 35.5. The predicted octanol–water partition coefficient (Wildman–Crippen LogP) is 7.10. The summed E-state index contributed by atoms with van der Waals surface area (Å²) in [6.07, 6.45) is 0.853. The fourth-order valence-electron chi connectivity index (χ4n) is 3.45. The number of rotatable bonds is 6. The zero-order valence-corrected chi connectivity index (χ0v) is 18.0. The lowest BCUT2D eigenvalue weighted by Crippen LogP contribution is -2.07. The standard InChI is InChI=1S/C24H22Cl2N2O/c1-16-8-9-17(2)23(14-16)29-13-5-12-28-22-7-4-3-6-21(22)27-24(28)19-11-10-18(25)15-20(19)26/h3-4,6-11,14-15H,5,12-13H2,1-2H3. The number of imidazole rings is 1. The van der Waals surface area contributed by atoms with E-state index in [1.165, 1.54) is 5.56 Å². The first-order chi connectivity index (χ1) is 14.0. The van der Waals surface area contributed by atoms with E-state index in [2.05, 4.69) is 42.7 Å². The molecule has 0 unspecified atom stereocenters. The van der Waals surface area contributed by atoms with Gasteiger partial charge in [-0.15, -0.1) is 0 Å². The van der Waals surface area contributed by atoms with Crippen molar-refractivity contribution in [2.24, 2.45) is 0 Å². The number of hydrogen-bond donors (Lipinski definition) is 0.